The van der Waals surface area contributed by atoms with E-state index in [1.54, 1.807) is 12.1 Å². The van der Waals surface area contributed by atoms with E-state index in [9.17, 15) is 22.0 Å². The van der Waals surface area contributed by atoms with Crippen molar-refractivity contribution in [2.75, 3.05) is 31.9 Å². The van der Waals surface area contributed by atoms with Gasteiger partial charge in [-0.3, -0.25) is 9.21 Å². The fourth-order valence-corrected chi connectivity index (χ4v) is 5.25. The highest BCUT2D eigenvalue weighted by Gasteiger charge is 2.56. The number of alkyl halides is 5. The molecule has 0 spiro atoms. The third-order valence-electron chi connectivity index (χ3n) is 6.27. The Kier molecular flexibility index (Phi) is 8.66. The van der Waals surface area contributed by atoms with Gasteiger partial charge >= 0.3 is 12.1 Å². The topological polar surface area (TPSA) is 6.48 Å². The number of nitrogens with zero attached hydrogens (tertiary/aromatic N) is 2. The summed E-state index contributed by atoms with van der Waals surface area (Å²) in [6.07, 6.45) is -0.986. The number of halogens is 5. The van der Waals surface area contributed by atoms with Crippen molar-refractivity contribution in [2.45, 2.75) is 75.9 Å². The Bertz CT molecular complexity index is 668. The molecule has 1 aromatic rings. The second-order valence-corrected chi connectivity index (χ2v) is 9.93. The smallest absolute Gasteiger partial charge is 0.300 e. The Morgan fingerprint density at radius 3 is 2.16 bits per heavy atom. The molecule has 0 aromatic heterocycles. The Morgan fingerprint density at radius 1 is 0.968 bits per heavy atom. The van der Waals surface area contributed by atoms with Crippen LogP contribution in [0.5, 0.6) is 0 Å². The van der Waals surface area contributed by atoms with Gasteiger partial charge in [0.05, 0.1) is 0 Å². The zero-order valence-corrected chi connectivity index (χ0v) is 19.0. The summed E-state index contributed by atoms with van der Waals surface area (Å²) in [5.41, 5.74) is 1.67. The number of hydrogen-bond donors (Lipinski definition) is 0. The molecule has 31 heavy (non-hydrogen) atoms. The van der Waals surface area contributed by atoms with E-state index >= 15 is 0 Å². The molecular weight excluding hydrogens is 431 g/mol. The number of piperidine rings is 1. The van der Waals surface area contributed by atoms with Crippen LogP contribution in [0.3, 0.4) is 0 Å². The van der Waals surface area contributed by atoms with Crippen LogP contribution in [0.2, 0.25) is 0 Å². The highest BCUT2D eigenvalue weighted by atomic mass is 32.2. The van der Waals surface area contributed by atoms with Crippen molar-refractivity contribution in [1.82, 2.24) is 9.21 Å². The van der Waals surface area contributed by atoms with Gasteiger partial charge in [0.25, 0.3) is 0 Å². The summed E-state index contributed by atoms with van der Waals surface area (Å²) in [4.78, 5) is 2.62. The van der Waals surface area contributed by atoms with Gasteiger partial charge < -0.3 is 0 Å². The third kappa shape index (κ3) is 7.32. The second kappa shape index (κ2) is 10.8. The molecule has 2 fully saturated rings. The largest absolute Gasteiger partial charge is 0.453 e. The normalized spacial score (nSPS) is 19.3. The molecule has 0 amide bonds. The van der Waals surface area contributed by atoms with Gasteiger partial charge in [-0.2, -0.15) is 22.0 Å². The minimum atomic E-state index is -5.48. The summed E-state index contributed by atoms with van der Waals surface area (Å²) in [5, 5.41) is 0. The quantitative estimate of drug-likeness (QED) is 0.272. The SMILES string of the molecule is CCCN(CCSN1CCC(c2ccc(CCC(F)(F)C(F)(F)F)cc2)CC1)C1CC1. The van der Waals surface area contributed by atoms with Crippen LogP contribution in [-0.2, 0) is 6.42 Å². The predicted molar refractivity (Wildman–Crippen MR) is 117 cm³/mol. The fourth-order valence-electron chi connectivity index (χ4n) is 4.21. The highest BCUT2D eigenvalue weighted by molar-refractivity contribution is 7.97. The minimum Gasteiger partial charge on any atom is -0.300 e. The lowest BCUT2D eigenvalue weighted by atomic mass is 9.89. The van der Waals surface area contributed by atoms with Crippen LogP contribution in [0.25, 0.3) is 0 Å². The lowest BCUT2D eigenvalue weighted by molar-refractivity contribution is -0.284. The molecule has 3 rings (SSSR count). The van der Waals surface area contributed by atoms with Crippen LogP contribution in [0.1, 0.15) is 62.5 Å². The van der Waals surface area contributed by atoms with Crippen LogP contribution in [0.4, 0.5) is 22.0 Å². The predicted octanol–water partition coefficient (Wildman–Crippen LogP) is 6.52. The highest BCUT2D eigenvalue weighted by Crippen LogP contribution is 2.39. The van der Waals surface area contributed by atoms with Gasteiger partial charge in [-0.1, -0.05) is 43.1 Å². The minimum absolute atomic E-state index is 0.280. The van der Waals surface area contributed by atoms with E-state index < -0.39 is 18.5 Å². The van der Waals surface area contributed by atoms with Gasteiger partial charge in [0.1, 0.15) is 0 Å². The van der Waals surface area contributed by atoms with E-state index in [0.717, 1.165) is 49.8 Å². The monoisotopic (exact) mass is 464 g/mol. The molecule has 2 aliphatic rings. The molecule has 1 aliphatic carbocycles. The van der Waals surface area contributed by atoms with Gasteiger partial charge in [-0.25, -0.2) is 0 Å². The molecule has 1 aromatic carbocycles. The zero-order chi connectivity index (χ0) is 22.5. The number of benzene rings is 1. The van der Waals surface area contributed by atoms with Crippen LogP contribution in [-0.4, -0.2) is 59.3 Å². The van der Waals surface area contributed by atoms with Crippen molar-refractivity contribution in [2.24, 2.45) is 0 Å². The molecule has 1 saturated carbocycles. The molecule has 1 saturated heterocycles. The summed E-state index contributed by atoms with van der Waals surface area (Å²) in [6.45, 7) is 6.62. The van der Waals surface area contributed by atoms with E-state index in [4.69, 9.17) is 0 Å². The molecule has 0 unspecified atom stereocenters. The summed E-state index contributed by atoms with van der Waals surface area (Å²) in [5.74, 6) is -3.09. The lowest BCUT2D eigenvalue weighted by Gasteiger charge is -2.32. The summed E-state index contributed by atoms with van der Waals surface area (Å²) < 4.78 is 65.6. The van der Waals surface area contributed by atoms with Crippen molar-refractivity contribution < 1.29 is 22.0 Å². The molecule has 0 N–H and O–H groups in total. The van der Waals surface area contributed by atoms with Crippen molar-refractivity contribution in [3.63, 3.8) is 0 Å². The molecule has 176 valence electrons. The third-order valence-corrected chi connectivity index (χ3v) is 7.37. The summed E-state index contributed by atoms with van der Waals surface area (Å²) in [7, 11) is 0. The van der Waals surface area contributed by atoms with E-state index in [-0.39, 0.29) is 6.42 Å². The first kappa shape index (κ1) is 24.8. The van der Waals surface area contributed by atoms with Gasteiger partial charge in [0, 0.05) is 37.8 Å². The van der Waals surface area contributed by atoms with Crippen molar-refractivity contribution >= 4 is 11.9 Å². The molecule has 8 heteroatoms. The van der Waals surface area contributed by atoms with Gasteiger partial charge in [-0.15, -0.1) is 0 Å². The molecule has 1 aliphatic heterocycles. The van der Waals surface area contributed by atoms with Crippen LogP contribution >= 0.6 is 11.9 Å². The van der Waals surface area contributed by atoms with E-state index in [1.807, 2.05) is 24.1 Å². The van der Waals surface area contributed by atoms with Gasteiger partial charge in [-0.05, 0) is 62.1 Å². The molecule has 0 atom stereocenters. The molecule has 1 heterocycles. The van der Waals surface area contributed by atoms with Crippen LogP contribution in [0.15, 0.2) is 24.3 Å². The van der Waals surface area contributed by atoms with Crippen molar-refractivity contribution in [1.29, 1.82) is 0 Å². The Hall–Kier alpha value is -0.860. The number of aryl methyl sites for hydroxylation is 1. The van der Waals surface area contributed by atoms with Crippen LogP contribution < -0.4 is 0 Å². The van der Waals surface area contributed by atoms with E-state index in [0.29, 0.717) is 11.5 Å². The maximum Gasteiger partial charge on any atom is 0.453 e. The Morgan fingerprint density at radius 2 is 1.61 bits per heavy atom. The molecule has 2 nitrogen and oxygen atoms in total. The lowest BCUT2D eigenvalue weighted by Crippen LogP contribution is -2.36. The average molecular weight is 465 g/mol. The zero-order valence-electron chi connectivity index (χ0n) is 18.1. The maximum absolute atomic E-state index is 13.1. The van der Waals surface area contributed by atoms with Gasteiger partial charge in [0.2, 0.25) is 0 Å². The standard InChI is InChI=1S/C23H33F5N2S/c1-2-13-29(21-7-8-21)16-17-31-30-14-10-20(11-15-30)19-5-3-18(4-6-19)9-12-22(24,25)23(26,27)28/h3-6,20-21H,2,7-17H2,1H3. The first-order valence-electron chi connectivity index (χ1n) is 11.3. The Labute approximate surface area is 186 Å². The molecule has 0 radical (unpaired) electrons. The summed E-state index contributed by atoms with van der Waals surface area (Å²) in [6, 6.07) is 8.00. The number of rotatable bonds is 11. The maximum atomic E-state index is 13.1. The van der Waals surface area contributed by atoms with Crippen molar-refractivity contribution in [3.8, 4) is 0 Å². The Balaban J connectivity index is 1.38. The van der Waals surface area contributed by atoms with Gasteiger partial charge in [0.15, 0.2) is 0 Å². The fraction of sp³-hybridized carbons (Fsp3) is 0.739. The van der Waals surface area contributed by atoms with E-state index in [1.165, 1.54) is 25.8 Å². The van der Waals surface area contributed by atoms with Crippen LogP contribution in [0, 0.1) is 0 Å². The second-order valence-electron chi connectivity index (χ2n) is 8.75. The first-order valence-corrected chi connectivity index (χ1v) is 12.3. The summed E-state index contributed by atoms with van der Waals surface area (Å²) >= 11 is 1.94. The molecule has 0 bridgehead atoms. The van der Waals surface area contributed by atoms with Crippen molar-refractivity contribution in [3.05, 3.63) is 35.4 Å². The average Bonchev–Trinajstić information content (AvgIpc) is 3.57. The molecular formula is C23H33F5N2S. The first-order chi connectivity index (χ1) is 14.7. The number of hydrogen-bond acceptors (Lipinski definition) is 3. The van der Waals surface area contributed by atoms with E-state index in [2.05, 4.69) is 16.1 Å².